The van der Waals surface area contributed by atoms with Crippen LogP contribution in [0.4, 0.5) is 5.69 Å². The van der Waals surface area contributed by atoms with Gasteiger partial charge in [0.15, 0.2) is 0 Å². The topological polar surface area (TPSA) is 127 Å². The summed E-state index contributed by atoms with van der Waals surface area (Å²) in [5, 5.41) is 7.68. The third kappa shape index (κ3) is 5.30. The maximum Gasteiger partial charge on any atom is 0.243 e. The molecule has 0 aliphatic heterocycles. The van der Waals surface area contributed by atoms with Crippen LogP contribution in [0.15, 0.2) is 63.2 Å². The molecule has 2 aromatic carbocycles. The van der Waals surface area contributed by atoms with Crippen molar-refractivity contribution >= 4 is 43.4 Å². The van der Waals surface area contributed by atoms with E-state index in [2.05, 4.69) is 5.32 Å². The summed E-state index contributed by atoms with van der Waals surface area (Å²) in [6.45, 7) is -0.401. The summed E-state index contributed by atoms with van der Waals surface area (Å²) in [6.07, 6.45) is 1.87. The molecule has 0 aromatic heterocycles. The van der Waals surface area contributed by atoms with E-state index in [1.807, 2.05) is 18.4 Å². The average Bonchev–Trinajstić information content (AvgIpc) is 2.61. The summed E-state index contributed by atoms with van der Waals surface area (Å²) in [4.78, 5) is 12.7. The molecular weight excluding hydrogens is 410 g/mol. The van der Waals surface area contributed by atoms with Crippen molar-refractivity contribution in [1.29, 1.82) is 0 Å². The van der Waals surface area contributed by atoms with Crippen LogP contribution in [-0.2, 0) is 24.8 Å². The standard InChI is InChI=1S/C16H19N3O5S3/c1-19(11-16(20)18-14-5-3-4-6-15(14)25-2)27(23,24)13-9-7-12(8-10-13)26(17,21)22/h3-10H,11H2,1-2H3,(H,18,20)(H2,17,21,22). The predicted molar refractivity (Wildman–Crippen MR) is 104 cm³/mol. The fraction of sp³-hybridized carbons (Fsp3) is 0.188. The number of nitrogens with zero attached hydrogens (tertiary/aromatic N) is 1. The molecule has 11 heteroatoms. The van der Waals surface area contributed by atoms with E-state index in [9.17, 15) is 21.6 Å². The minimum atomic E-state index is -3.97. The Kier molecular flexibility index (Phi) is 6.65. The van der Waals surface area contributed by atoms with Crippen LogP contribution in [0.5, 0.6) is 0 Å². The third-order valence-corrected chi connectivity index (χ3v) is 7.15. The number of nitrogens with two attached hydrogens (primary N) is 1. The lowest BCUT2D eigenvalue weighted by molar-refractivity contribution is -0.116. The molecule has 0 saturated carbocycles. The van der Waals surface area contributed by atoms with Crippen molar-refractivity contribution in [2.75, 3.05) is 25.2 Å². The fourth-order valence-electron chi connectivity index (χ4n) is 2.21. The van der Waals surface area contributed by atoms with Gasteiger partial charge in [-0.25, -0.2) is 22.0 Å². The van der Waals surface area contributed by atoms with E-state index < -0.39 is 32.5 Å². The van der Waals surface area contributed by atoms with Crippen LogP contribution in [-0.4, -0.2) is 46.9 Å². The van der Waals surface area contributed by atoms with Crippen LogP contribution in [0.3, 0.4) is 0 Å². The molecule has 0 aliphatic rings. The molecule has 0 heterocycles. The van der Waals surface area contributed by atoms with Gasteiger partial charge in [-0.3, -0.25) is 4.79 Å². The summed E-state index contributed by atoms with van der Waals surface area (Å²) in [5.41, 5.74) is 0.596. The van der Waals surface area contributed by atoms with Crippen molar-refractivity contribution in [3.05, 3.63) is 48.5 Å². The number of carbonyl (C=O) groups is 1. The van der Waals surface area contributed by atoms with Gasteiger partial charge >= 0.3 is 0 Å². The van der Waals surface area contributed by atoms with Crippen molar-refractivity contribution in [2.24, 2.45) is 5.14 Å². The van der Waals surface area contributed by atoms with Crippen LogP contribution in [0, 0.1) is 0 Å². The Morgan fingerprint density at radius 1 is 1.04 bits per heavy atom. The van der Waals surface area contributed by atoms with Crippen molar-refractivity contribution < 1.29 is 21.6 Å². The lowest BCUT2D eigenvalue weighted by atomic mass is 10.3. The molecule has 0 spiro atoms. The molecule has 0 bridgehead atoms. The highest BCUT2D eigenvalue weighted by molar-refractivity contribution is 7.98. The number of nitrogens with one attached hydrogen (secondary N) is 1. The molecule has 0 radical (unpaired) electrons. The zero-order valence-electron chi connectivity index (χ0n) is 14.6. The second-order valence-electron chi connectivity index (χ2n) is 5.53. The number of hydrogen-bond acceptors (Lipinski definition) is 6. The molecule has 27 heavy (non-hydrogen) atoms. The van der Waals surface area contributed by atoms with Crippen molar-refractivity contribution in [2.45, 2.75) is 14.7 Å². The number of anilines is 1. The summed E-state index contributed by atoms with van der Waals surface area (Å²) < 4.78 is 48.5. The van der Waals surface area contributed by atoms with Gasteiger partial charge in [0.2, 0.25) is 26.0 Å². The average molecular weight is 430 g/mol. The molecule has 2 rings (SSSR count). The number of carbonyl (C=O) groups excluding carboxylic acids is 1. The largest absolute Gasteiger partial charge is 0.324 e. The number of hydrogen-bond donors (Lipinski definition) is 2. The van der Waals surface area contributed by atoms with E-state index in [4.69, 9.17) is 5.14 Å². The van der Waals surface area contributed by atoms with Crippen molar-refractivity contribution in [1.82, 2.24) is 4.31 Å². The number of rotatable bonds is 7. The van der Waals surface area contributed by atoms with Gasteiger partial charge in [0.25, 0.3) is 0 Å². The van der Waals surface area contributed by atoms with E-state index in [-0.39, 0.29) is 9.79 Å². The monoisotopic (exact) mass is 429 g/mol. The molecule has 2 aromatic rings. The molecule has 0 unspecified atom stereocenters. The first-order valence-electron chi connectivity index (χ1n) is 7.58. The van der Waals surface area contributed by atoms with Gasteiger partial charge in [-0.1, -0.05) is 12.1 Å². The number of benzene rings is 2. The quantitative estimate of drug-likeness (QED) is 0.639. The van der Waals surface area contributed by atoms with Gasteiger partial charge < -0.3 is 5.32 Å². The molecule has 0 fully saturated rings. The zero-order valence-corrected chi connectivity index (χ0v) is 17.1. The third-order valence-electron chi connectivity index (χ3n) is 3.61. The first kappa shape index (κ1) is 21.4. The zero-order chi connectivity index (χ0) is 20.2. The highest BCUT2D eigenvalue weighted by atomic mass is 32.2. The molecule has 3 N–H and O–H groups in total. The molecule has 146 valence electrons. The smallest absolute Gasteiger partial charge is 0.243 e. The Balaban J connectivity index is 2.13. The number of amides is 1. The van der Waals surface area contributed by atoms with Crippen molar-refractivity contribution in [3.8, 4) is 0 Å². The van der Waals surface area contributed by atoms with Gasteiger partial charge in [-0.2, -0.15) is 4.31 Å². The Bertz CT molecular complexity index is 1040. The van der Waals surface area contributed by atoms with Gasteiger partial charge in [0.1, 0.15) is 0 Å². The van der Waals surface area contributed by atoms with E-state index in [0.29, 0.717) is 5.69 Å². The Morgan fingerprint density at radius 2 is 1.59 bits per heavy atom. The van der Waals surface area contributed by atoms with Gasteiger partial charge in [0.05, 0.1) is 22.0 Å². The second-order valence-corrected chi connectivity index (χ2v) is 9.98. The van der Waals surface area contributed by atoms with Crippen molar-refractivity contribution in [3.63, 3.8) is 0 Å². The minimum Gasteiger partial charge on any atom is -0.324 e. The van der Waals surface area contributed by atoms with E-state index in [1.165, 1.54) is 18.8 Å². The first-order valence-corrected chi connectivity index (χ1v) is 11.8. The molecule has 0 atom stereocenters. The Hall–Kier alpha value is -1.92. The van der Waals surface area contributed by atoms with E-state index in [0.717, 1.165) is 33.5 Å². The summed E-state index contributed by atoms with van der Waals surface area (Å²) >= 11 is 1.46. The maximum atomic E-state index is 12.6. The minimum absolute atomic E-state index is 0.144. The maximum absolute atomic E-state index is 12.6. The first-order chi connectivity index (χ1) is 12.6. The Labute approximate surface area is 162 Å². The highest BCUT2D eigenvalue weighted by Gasteiger charge is 2.23. The van der Waals surface area contributed by atoms with Crippen LogP contribution in [0.25, 0.3) is 0 Å². The van der Waals surface area contributed by atoms with Crippen LogP contribution >= 0.6 is 11.8 Å². The van der Waals surface area contributed by atoms with E-state index in [1.54, 1.807) is 12.1 Å². The number of para-hydroxylation sites is 1. The SMILES string of the molecule is CSc1ccccc1NC(=O)CN(C)S(=O)(=O)c1ccc(S(N)(=O)=O)cc1. The van der Waals surface area contributed by atoms with E-state index >= 15 is 0 Å². The fourth-order valence-corrected chi connectivity index (χ4v) is 4.40. The van der Waals surface area contributed by atoms with Crippen LogP contribution in [0.2, 0.25) is 0 Å². The second kappa shape index (κ2) is 8.40. The highest BCUT2D eigenvalue weighted by Crippen LogP contribution is 2.24. The summed E-state index contributed by atoms with van der Waals surface area (Å²) in [6, 6.07) is 11.6. The lowest BCUT2D eigenvalue weighted by Gasteiger charge is -2.17. The molecule has 8 nitrogen and oxygen atoms in total. The number of sulfonamides is 2. The molecule has 0 aliphatic carbocycles. The van der Waals surface area contributed by atoms with Gasteiger partial charge in [0, 0.05) is 11.9 Å². The van der Waals surface area contributed by atoms with Gasteiger partial charge in [-0.05, 0) is 42.7 Å². The molecule has 0 saturated heterocycles. The predicted octanol–water partition coefficient (Wildman–Crippen LogP) is 1.32. The van der Waals surface area contributed by atoms with Gasteiger partial charge in [-0.15, -0.1) is 11.8 Å². The lowest BCUT2D eigenvalue weighted by Crippen LogP contribution is -2.35. The Morgan fingerprint density at radius 3 is 2.15 bits per heavy atom. The number of primary sulfonamides is 1. The normalized spacial score (nSPS) is 12.1. The molecule has 1 amide bonds. The van der Waals surface area contributed by atoms with Crippen LogP contribution in [0.1, 0.15) is 0 Å². The summed E-state index contributed by atoms with van der Waals surface area (Å²) in [7, 11) is -6.63. The number of thioether (sulfide) groups is 1. The summed E-state index contributed by atoms with van der Waals surface area (Å²) in [5.74, 6) is -0.497. The number of likely N-dealkylation sites (N-methyl/N-ethyl adjacent to an activating group) is 1. The molecular formula is C16H19N3O5S3. The van der Waals surface area contributed by atoms with Crippen LogP contribution < -0.4 is 10.5 Å².